The molecule has 0 bridgehead atoms. The summed E-state index contributed by atoms with van der Waals surface area (Å²) >= 11 is 0. The molecule has 0 amide bonds. The van der Waals surface area contributed by atoms with E-state index in [2.05, 4.69) is 15.4 Å². The van der Waals surface area contributed by atoms with Gasteiger partial charge in [0.15, 0.2) is 5.65 Å². The summed E-state index contributed by atoms with van der Waals surface area (Å²) < 4.78 is 7.64. The van der Waals surface area contributed by atoms with Crippen LogP contribution in [0.5, 0.6) is 0 Å². The van der Waals surface area contributed by atoms with Crippen molar-refractivity contribution in [3.05, 3.63) is 23.9 Å². The second kappa shape index (κ2) is 6.41. The van der Waals surface area contributed by atoms with Gasteiger partial charge in [-0.15, -0.1) is 5.10 Å². The van der Waals surface area contributed by atoms with E-state index >= 15 is 0 Å². The minimum absolute atomic E-state index is 0.364. The quantitative estimate of drug-likeness (QED) is 0.820. The smallest absolute Gasteiger partial charge is 0.243 e. The summed E-state index contributed by atoms with van der Waals surface area (Å²) in [5, 5.41) is 7.58. The summed E-state index contributed by atoms with van der Waals surface area (Å²) in [5.41, 5.74) is 7.93. The van der Waals surface area contributed by atoms with Gasteiger partial charge >= 0.3 is 0 Å². The first-order valence-corrected chi connectivity index (χ1v) is 7.65. The SMILES string of the molecule is Cc1ccn2nc(NCCOC3CCC(N)CC3)nc2c1. The molecule has 1 fully saturated rings. The predicted octanol–water partition coefficient (Wildman–Crippen LogP) is 1.74. The van der Waals surface area contributed by atoms with Crippen LogP contribution in [0.2, 0.25) is 0 Å². The number of pyridine rings is 1. The molecule has 0 spiro atoms. The lowest BCUT2D eigenvalue weighted by atomic mass is 9.94. The van der Waals surface area contributed by atoms with Crippen molar-refractivity contribution in [2.75, 3.05) is 18.5 Å². The Balaban J connectivity index is 1.44. The molecule has 0 aromatic carbocycles. The molecule has 1 aliphatic carbocycles. The average molecular weight is 289 g/mol. The van der Waals surface area contributed by atoms with Gasteiger partial charge in [-0.25, -0.2) is 4.52 Å². The van der Waals surface area contributed by atoms with Gasteiger partial charge < -0.3 is 15.8 Å². The number of aromatic nitrogens is 3. The monoisotopic (exact) mass is 289 g/mol. The van der Waals surface area contributed by atoms with Gasteiger partial charge in [0.25, 0.3) is 0 Å². The predicted molar refractivity (Wildman–Crippen MR) is 82.4 cm³/mol. The fraction of sp³-hybridized carbons (Fsp3) is 0.600. The Morgan fingerprint density at radius 1 is 1.38 bits per heavy atom. The maximum absolute atomic E-state index is 5.89. The molecule has 6 heteroatoms. The van der Waals surface area contributed by atoms with Crippen LogP contribution in [0.1, 0.15) is 31.2 Å². The Morgan fingerprint density at radius 3 is 3.00 bits per heavy atom. The highest BCUT2D eigenvalue weighted by Crippen LogP contribution is 2.19. The molecule has 114 valence electrons. The molecule has 2 aromatic rings. The third-order valence-corrected chi connectivity index (χ3v) is 3.95. The normalized spacial score (nSPS) is 22.6. The van der Waals surface area contributed by atoms with Crippen LogP contribution in [-0.4, -0.2) is 39.9 Å². The topological polar surface area (TPSA) is 77.5 Å². The Morgan fingerprint density at radius 2 is 2.19 bits per heavy atom. The number of hydrogen-bond donors (Lipinski definition) is 2. The number of nitrogens with one attached hydrogen (secondary N) is 1. The number of anilines is 1. The molecule has 1 saturated carbocycles. The lowest BCUT2D eigenvalue weighted by Gasteiger charge is -2.26. The number of rotatable bonds is 5. The summed E-state index contributed by atoms with van der Waals surface area (Å²) in [6, 6.07) is 4.40. The zero-order chi connectivity index (χ0) is 14.7. The zero-order valence-corrected chi connectivity index (χ0v) is 12.5. The highest BCUT2D eigenvalue weighted by molar-refractivity contribution is 5.45. The van der Waals surface area contributed by atoms with Gasteiger partial charge in [-0.1, -0.05) is 0 Å². The molecule has 3 N–H and O–H groups in total. The van der Waals surface area contributed by atoms with E-state index in [4.69, 9.17) is 10.5 Å². The maximum Gasteiger partial charge on any atom is 0.243 e. The van der Waals surface area contributed by atoms with Crippen molar-refractivity contribution in [1.82, 2.24) is 14.6 Å². The molecule has 0 unspecified atom stereocenters. The fourth-order valence-electron chi connectivity index (χ4n) is 2.70. The molecular formula is C15H23N5O. The summed E-state index contributed by atoms with van der Waals surface area (Å²) in [6.45, 7) is 3.44. The minimum atomic E-state index is 0.364. The Bertz CT molecular complexity index is 589. The van der Waals surface area contributed by atoms with Gasteiger partial charge in [0, 0.05) is 18.8 Å². The van der Waals surface area contributed by atoms with E-state index in [1.165, 1.54) is 5.56 Å². The van der Waals surface area contributed by atoms with Crippen LogP contribution in [0.25, 0.3) is 5.65 Å². The third-order valence-electron chi connectivity index (χ3n) is 3.95. The Kier molecular flexibility index (Phi) is 4.36. The number of nitrogens with zero attached hydrogens (tertiary/aromatic N) is 3. The van der Waals surface area contributed by atoms with E-state index < -0.39 is 0 Å². The molecule has 6 nitrogen and oxygen atoms in total. The second-order valence-electron chi connectivity index (χ2n) is 5.78. The van der Waals surface area contributed by atoms with Crippen LogP contribution in [0.3, 0.4) is 0 Å². The van der Waals surface area contributed by atoms with E-state index in [0.717, 1.165) is 37.9 Å². The van der Waals surface area contributed by atoms with Crippen molar-refractivity contribution >= 4 is 11.6 Å². The molecule has 3 rings (SSSR count). The first-order valence-electron chi connectivity index (χ1n) is 7.65. The Labute approximate surface area is 124 Å². The fourth-order valence-corrected chi connectivity index (χ4v) is 2.70. The average Bonchev–Trinajstić information content (AvgIpc) is 2.87. The van der Waals surface area contributed by atoms with E-state index in [9.17, 15) is 0 Å². The molecule has 0 atom stereocenters. The number of ether oxygens (including phenoxy) is 1. The molecule has 0 aliphatic heterocycles. The van der Waals surface area contributed by atoms with Crippen LogP contribution < -0.4 is 11.1 Å². The van der Waals surface area contributed by atoms with Crippen molar-refractivity contribution in [2.24, 2.45) is 5.73 Å². The minimum Gasteiger partial charge on any atom is -0.376 e. The van der Waals surface area contributed by atoms with Crippen LogP contribution in [0, 0.1) is 6.92 Å². The highest BCUT2D eigenvalue weighted by atomic mass is 16.5. The summed E-state index contributed by atoms with van der Waals surface area (Å²) in [6.07, 6.45) is 6.59. The molecule has 21 heavy (non-hydrogen) atoms. The van der Waals surface area contributed by atoms with Crippen molar-refractivity contribution in [3.8, 4) is 0 Å². The lowest BCUT2D eigenvalue weighted by molar-refractivity contribution is 0.0312. The Hall–Kier alpha value is -1.66. The number of fused-ring (bicyclic) bond motifs is 1. The van der Waals surface area contributed by atoms with Gasteiger partial charge in [0.2, 0.25) is 5.95 Å². The standard InChI is InChI=1S/C15H23N5O/c1-11-6-8-20-14(10-11)18-15(19-20)17-7-9-21-13-4-2-12(16)3-5-13/h6,8,10,12-13H,2-5,7,9,16H2,1H3,(H,17,19). The molecular weight excluding hydrogens is 266 g/mol. The van der Waals surface area contributed by atoms with Gasteiger partial charge in [-0.3, -0.25) is 0 Å². The summed E-state index contributed by atoms with van der Waals surface area (Å²) in [5.74, 6) is 0.648. The lowest BCUT2D eigenvalue weighted by Crippen LogP contribution is -2.31. The van der Waals surface area contributed by atoms with E-state index in [1.807, 2.05) is 25.3 Å². The second-order valence-corrected chi connectivity index (χ2v) is 5.78. The number of hydrogen-bond acceptors (Lipinski definition) is 5. The van der Waals surface area contributed by atoms with Crippen molar-refractivity contribution in [1.29, 1.82) is 0 Å². The molecule has 0 saturated heterocycles. The van der Waals surface area contributed by atoms with Crippen molar-refractivity contribution in [3.63, 3.8) is 0 Å². The van der Waals surface area contributed by atoms with Gasteiger partial charge in [0.1, 0.15) is 0 Å². The number of aryl methyl sites for hydroxylation is 1. The third kappa shape index (κ3) is 3.71. The molecule has 1 aliphatic rings. The van der Waals surface area contributed by atoms with Gasteiger partial charge in [0.05, 0.1) is 12.7 Å². The molecule has 2 aromatic heterocycles. The summed E-state index contributed by atoms with van der Waals surface area (Å²) in [4.78, 5) is 4.44. The van der Waals surface area contributed by atoms with E-state index in [1.54, 1.807) is 4.52 Å². The van der Waals surface area contributed by atoms with Gasteiger partial charge in [-0.05, 0) is 50.3 Å². The zero-order valence-electron chi connectivity index (χ0n) is 12.5. The van der Waals surface area contributed by atoms with Gasteiger partial charge in [-0.2, -0.15) is 4.98 Å². The van der Waals surface area contributed by atoms with E-state index in [-0.39, 0.29) is 0 Å². The number of nitrogens with two attached hydrogens (primary N) is 1. The van der Waals surface area contributed by atoms with Crippen LogP contribution in [-0.2, 0) is 4.74 Å². The van der Waals surface area contributed by atoms with Crippen molar-refractivity contribution in [2.45, 2.75) is 44.8 Å². The van der Waals surface area contributed by atoms with Crippen LogP contribution in [0.4, 0.5) is 5.95 Å². The van der Waals surface area contributed by atoms with Crippen molar-refractivity contribution < 1.29 is 4.74 Å². The van der Waals surface area contributed by atoms with Crippen LogP contribution >= 0.6 is 0 Å². The largest absolute Gasteiger partial charge is 0.376 e. The first-order chi connectivity index (χ1) is 10.2. The van der Waals surface area contributed by atoms with E-state index in [0.29, 0.717) is 24.7 Å². The maximum atomic E-state index is 5.89. The van der Waals surface area contributed by atoms with Crippen LogP contribution in [0.15, 0.2) is 18.3 Å². The highest BCUT2D eigenvalue weighted by Gasteiger charge is 2.18. The molecule has 2 heterocycles. The molecule has 0 radical (unpaired) electrons. The summed E-state index contributed by atoms with van der Waals surface area (Å²) in [7, 11) is 0. The first kappa shape index (κ1) is 14.3.